The minimum Gasteiger partial charge on any atom is -0.459 e. The molecule has 0 aromatic carbocycles. The second kappa shape index (κ2) is 6.00. The van der Waals surface area contributed by atoms with Crippen molar-refractivity contribution in [3.63, 3.8) is 0 Å². The maximum Gasteiger partial charge on any atom is 0.438 e. The van der Waals surface area contributed by atoms with E-state index in [0.29, 0.717) is 0 Å². The monoisotopic (exact) mass is 310 g/mol. The molecule has 1 heterocycles. The summed E-state index contributed by atoms with van der Waals surface area (Å²) in [5.41, 5.74) is -3.51. The van der Waals surface area contributed by atoms with Crippen molar-refractivity contribution < 1.29 is 32.6 Å². The summed E-state index contributed by atoms with van der Waals surface area (Å²) in [5.74, 6) is -3.15. The molecule has 1 N–H and O–H groups in total. The SMILES string of the molecule is CCOC(=O)C(=O)N1N=C(CC(C)C)C[C@]1(O)C(F)(F)F. The van der Waals surface area contributed by atoms with E-state index in [1.807, 2.05) is 0 Å². The number of alkyl halides is 3. The van der Waals surface area contributed by atoms with Crippen LogP contribution in [0.2, 0.25) is 0 Å². The van der Waals surface area contributed by atoms with E-state index >= 15 is 0 Å². The molecule has 0 aromatic heterocycles. The van der Waals surface area contributed by atoms with Gasteiger partial charge < -0.3 is 9.84 Å². The van der Waals surface area contributed by atoms with E-state index in [1.54, 1.807) is 13.8 Å². The molecule has 21 heavy (non-hydrogen) atoms. The number of nitrogens with zero attached hydrogens (tertiary/aromatic N) is 2. The fourth-order valence-corrected chi connectivity index (χ4v) is 1.92. The first kappa shape index (κ1) is 17.4. The summed E-state index contributed by atoms with van der Waals surface area (Å²) in [4.78, 5) is 23.0. The second-order valence-corrected chi connectivity index (χ2v) is 5.09. The van der Waals surface area contributed by atoms with Crippen molar-refractivity contribution in [3.05, 3.63) is 0 Å². The van der Waals surface area contributed by atoms with Gasteiger partial charge in [0.25, 0.3) is 5.72 Å². The van der Waals surface area contributed by atoms with Gasteiger partial charge in [0.15, 0.2) is 0 Å². The van der Waals surface area contributed by atoms with Gasteiger partial charge in [0.1, 0.15) is 0 Å². The van der Waals surface area contributed by atoms with E-state index in [4.69, 9.17) is 0 Å². The Kier molecular flexibility index (Phi) is 4.98. The minimum absolute atomic E-state index is 0.00229. The van der Waals surface area contributed by atoms with Crippen LogP contribution in [-0.2, 0) is 14.3 Å². The quantitative estimate of drug-likeness (QED) is 0.632. The second-order valence-electron chi connectivity index (χ2n) is 5.09. The molecule has 9 heteroatoms. The maximum absolute atomic E-state index is 13.0. The van der Waals surface area contributed by atoms with Crippen LogP contribution in [0.15, 0.2) is 5.10 Å². The molecule has 0 spiro atoms. The Morgan fingerprint density at radius 2 is 2.05 bits per heavy atom. The molecule has 1 amide bonds. The number of carbonyl (C=O) groups is 2. The van der Waals surface area contributed by atoms with Crippen molar-refractivity contribution in [2.24, 2.45) is 11.0 Å². The molecular formula is C12H17F3N2O4. The molecule has 1 atom stereocenters. The van der Waals surface area contributed by atoms with Crippen molar-refractivity contribution in [3.8, 4) is 0 Å². The zero-order chi connectivity index (χ0) is 16.4. The zero-order valence-corrected chi connectivity index (χ0v) is 11.9. The van der Waals surface area contributed by atoms with Crippen LogP contribution in [0.1, 0.15) is 33.6 Å². The first-order valence-electron chi connectivity index (χ1n) is 6.39. The summed E-state index contributed by atoms with van der Waals surface area (Å²) in [6.07, 6.45) is -5.85. The first-order valence-corrected chi connectivity index (χ1v) is 6.39. The summed E-state index contributed by atoms with van der Waals surface area (Å²) in [7, 11) is 0. The van der Waals surface area contributed by atoms with Crippen molar-refractivity contribution in [2.75, 3.05) is 6.61 Å². The fraction of sp³-hybridized carbons (Fsp3) is 0.750. The number of hydrogen-bond acceptors (Lipinski definition) is 5. The summed E-state index contributed by atoms with van der Waals surface area (Å²) in [6, 6.07) is 0. The van der Waals surface area contributed by atoms with Gasteiger partial charge in [0, 0.05) is 12.1 Å². The summed E-state index contributed by atoms with van der Waals surface area (Å²) >= 11 is 0. The van der Waals surface area contributed by atoms with Gasteiger partial charge in [-0.25, -0.2) is 4.79 Å². The number of ether oxygens (including phenoxy) is 1. The number of rotatable bonds is 3. The van der Waals surface area contributed by atoms with Gasteiger partial charge in [-0.2, -0.15) is 23.3 Å². The Morgan fingerprint density at radius 3 is 2.48 bits per heavy atom. The highest BCUT2D eigenvalue weighted by Gasteiger charge is 2.64. The fourth-order valence-electron chi connectivity index (χ4n) is 1.92. The lowest BCUT2D eigenvalue weighted by Gasteiger charge is -2.31. The minimum atomic E-state index is -5.14. The largest absolute Gasteiger partial charge is 0.459 e. The van der Waals surface area contributed by atoms with Crippen LogP contribution in [0.3, 0.4) is 0 Å². The van der Waals surface area contributed by atoms with Gasteiger partial charge >= 0.3 is 18.1 Å². The topological polar surface area (TPSA) is 79.2 Å². The lowest BCUT2D eigenvalue weighted by Crippen LogP contribution is -2.58. The molecule has 0 aliphatic carbocycles. The van der Waals surface area contributed by atoms with Crippen molar-refractivity contribution >= 4 is 17.6 Å². The van der Waals surface area contributed by atoms with Gasteiger partial charge in [-0.1, -0.05) is 13.8 Å². The molecule has 0 aromatic rings. The van der Waals surface area contributed by atoms with E-state index in [1.165, 1.54) is 6.92 Å². The average molecular weight is 310 g/mol. The van der Waals surface area contributed by atoms with Gasteiger partial charge in [0.05, 0.1) is 6.61 Å². The predicted molar refractivity (Wildman–Crippen MR) is 66.0 cm³/mol. The average Bonchev–Trinajstić information content (AvgIpc) is 2.65. The molecule has 0 radical (unpaired) electrons. The Morgan fingerprint density at radius 1 is 1.48 bits per heavy atom. The zero-order valence-electron chi connectivity index (χ0n) is 11.9. The van der Waals surface area contributed by atoms with Gasteiger partial charge in [-0.3, -0.25) is 4.79 Å². The van der Waals surface area contributed by atoms with Crippen LogP contribution in [0.4, 0.5) is 13.2 Å². The molecule has 1 rings (SSSR count). The van der Waals surface area contributed by atoms with Crippen LogP contribution in [-0.4, -0.2) is 46.2 Å². The molecule has 1 aliphatic heterocycles. The smallest absolute Gasteiger partial charge is 0.438 e. The molecule has 0 unspecified atom stereocenters. The summed E-state index contributed by atoms with van der Waals surface area (Å²) in [5, 5.41) is 13.1. The van der Waals surface area contributed by atoms with Crippen molar-refractivity contribution in [2.45, 2.75) is 45.5 Å². The number of carbonyl (C=O) groups excluding carboxylic acids is 2. The first-order chi connectivity index (χ1) is 9.52. The number of hydrogen-bond donors (Lipinski definition) is 1. The van der Waals surface area contributed by atoms with Gasteiger partial charge in [0.2, 0.25) is 0 Å². The van der Waals surface area contributed by atoms with Gasteiger partial charge in [-0.05, 0) is 19.3 Å². The number of amides is 1. The molecule has 6 nitrogen and oxygen atoms in total. The Labute approximate surface area is 119 Å². The maximum atomic E-state index is 13.0. The Hall–Kier alpha value is -1.64. The van der Waals surface area contributed by atoms with Crippen LogP contribution in [0, 0.1) is 5.92 Å². The summed E-state index contributed by atoms with van der Waals surface area (Å²) in [6.45, 7) is 4.74. The van der Waals surface area contributed by atoms with E-state index in [-0.39, 0.29) is 29.7 Å². The van der Waals surface area contributed by atoms with E-state index in [0.717, 1.165) is 0 Å². The molecule has 1 aliphatic rings. The highest BCUT2D eigenvalue weighted by molar-refractivity contribution is 6.32. The highest BCUT2D eigenvalue weighted by atomic mass is 19.4. The van der Waals surface area contributed by atoms with Crippen molar-refractivity contribution in [1.29, 1.82) is 0 Å². The summed E-state index contributed by atoms with van der Waals surface area (Å²) < 4.78 is 43.5. The van der Waals surface area contributed by atoms with Crippen LogP contribution in [0.5, 0.6) is 0 Å². The molecule has 0 bridgehead atoms. The lowest BCUT2D eigenvalue weighted by atomic mass is 9.99. The number of hydrazone groups is 1. The molecule has 0 saturated carbocycles. The lowest BCUT2D eigenvalue weighted by molar-refractivity contribution is -0.302. The van der Waals surface area contributed by atoms with E-state index in [9.17, 15) is 27.9 Å². The van der Waals surface area contributed by atoms with Crippen LogP contribution in [0.25, 0.3) is 0 Å². The number of esters is 1. The third kappa shape index (κ3) is 3.52. The normalized spacial score (nSPS) is 22.5. The molecule has 0 saturated heterocycles. The Balaban J connectivity index is 3.11. The third-order valence-corrected chi connectivity index (χ3v) is 2.78. The Bertz CT molecular complexity index is 462. The van der Waals surface area contributed by atoms with E-state index in [2.05, 4.69) is 9.84 Å². The molecule has 0 fully saturated rings. The predicted octanol–water partition coefficient (Wildman–Crippen LogP) is 1.43. The van der Waals surface area contributed by atoms with E-state index < -0.39 is 30.2 Å². The van der Waals surface area contributed by atoms with Crippen molar-refractivity contribution in [1.82, 2.24) is 5.01 Å². The number of halogens is 3. The highest BCUT2D eigenvalue weighted by Crippen LogP contribution is 2.41. The number of aliphatic hydroxyl groups is 1. The van der Waals surface area contributed by atoms with Crippen LogP contribution < -0.4 is 0 Å². The van der Waals surface area contributed by atoms with Gasteiger partial charge in [-0.15, -0.1) is 0 Å². The third-order valence-electron chi connectivity index (χ3n) is 2.78. The standard InChI is InChI=1S/C12H17F3N2O4/c1-4-21-10(19)9(18)17-11(20,12(13,14)15)6-8(16-17)5-7(2)3/h7,20H,4-6H2,1-3H3/t11-/m0/s1. The van der Waals surface area contributed by atoms with Crippen LogP contribution >= 0.6 is 0 Å². The molecular weight excluding hydrogens is 293 g/mol. The molecule has 120 valence electrons.